The molecule has 108 valence electrons. The van der Waals surface area contributed by atoms with E-state index in [9.17, 15) is 4.79 Å². The summed E-state index contributed by atoms with van der Waals surface area (Å²) in [6.07, 6.45) is 3.62. The average molecular weight is 284 g/mol. The predicted molar refractivity (Wildman–Crippen MR) is 76.9 cm³/mol. The molecule has 2 N–H and O–H groups in total. The second kappa shape index (κ2) is 7.82. The Balaban J connectivity index is 1.87. The summed E-state index contributed by atoms with van der Waals surface area (Å²) in [5.41, 5.74) is 1.84. The van der Waals surface area contributed by atoms with E-state index < -0.39 is 0 Å². The minimum absolute atomic E-state index is 0.0605. The lowest BCUT2D eigenvalue weighted by Gasteiger charge is -2.05. The molecule has 6 nitrogen and oxygen atoms in total. The first-order valence-corrected chi connectivity index (χ1v) is 6.57. The van der Waals surface area contributed by atoms with Crippen molar-refractivity contribution in [3.05, 3.63) is 47.8 Å². The number of hydrogen-bond acceptors (Lipinski definition) is 4. The highest BCUT2D eigenvalue weighted by Gasteiger charge is 2.03. The lowest BCUT2D eigenvalue weighted by molar-refractivity contribution is -0.122. The molecule has 0 radical (unpaired) electrons. The van der Waals surface area contributed by atoms with Crippen molar-refractivity contribution in [3.63, 3.8) is 0 Å². The highest BCUT2D eigenvalue weighted by atomic mass is 16.2. The molecule has 1 heterocycles. The first-order valence-electron chi connectivity index (χ1n) is 6.57. The van der Waals surface area contributed by atoms with Crippen molar-refractivity contribution in [1.29, 1.82) is 0 Å². The molecule has 21 heavy (non-hydrogen) atoms. The number of hydrogen-bond donors (Lipinski definition) is 2. The maximum absolute atomic E-state index is 11.7. The molecule has 0 spiro atoms. The zero-order valence-electron chi connectivity index (χ0n) is 11.5. The topological polar surface area (TPSA) is 80.0 Å². The molecule has 6 heteroatoms. The molecule has 0 aliphatic carbocycles. The SMILES string of the molecule is O=C(Cn1ccnn1)NCc1cccc(C#CCCO)c1. The highest BCUT2D eigenvalue weighted by Crippen LogP contribution is 2.04. The van der Waals surface area contributed by atoms with Crippen molar-refractivity contribution in [3.8, 4) is 11.8 Å². The number of nitrogens with one attached hydrogen (secondary N) is 1. The van der Waals surface area contributed by atoms with Crippen LogP contribution in [0.15, 0.2) is 36.7 Å². The molecule has 0 aliphatic rings. The Morgan fingerprint density at radius 1 is 1.43 bits per heavy atom. The van der Waals surface area contributed by atoms with Gasteiger partial charge in [-0.2, -0.15) is 0 Å². The Bertz CT molecular complexity index is 641. The maximum Gasteiger partial charge on any atom is 0.242 e. The third-order valence-corrected chi connectivity index (χ3v) is 2.66. The van der Waals surface area contributed by atoms with E-state index >= 15 is 0 Å². The van der Waals surface area contributed by atoms with Gasteiger partial charge in [0.25, 0.3) is 0 Å². The highest BCUT2D eigenvalue weighted by molar-refractivity contribution is 5.75. The molecule has 0 unspecified atom stereocenters. The number of nitrogens with zero attached hydrogens (tertiary/aromatic N) is 3. The maximum atomic E-state index is 11.7. The molecular formula is C15H16N4O2. The second-order valence-corrected chi connectivity index (χ2v) is 4.35. The lowest BCUT2D eigenvalue weighted by Crippen LogP contribution is -2.27. The summed E-state index contributed by atoms with van der Waals surface area (Å²) >= 11 is 0. The van der Waals surface area contributed by atoms with E-state index in [0.717, 1.165) is 11.1 Å². The van der Waals surface area contributed by atoms with E-state index in [2.05, 4.69) is 27.5 Å². The third kappa shape index (κ3) is 5.09. The van der Waals surface area contributed by atoms with Gasteiger partial charge in [-0.25, -0.2) is 4.68 Å². The number of rotatable bonds is 5. The van der Waals surface area contributed by atoms with E-state index in [1.54, 1.807) is 6.20 Å². The minimum Gasteiger partial charge on any atom is -0.395 e. The van der Waals surface area contributed by atoms with Gasteiger partial charge >= 0.3 is 0 Å². The number of aliphatic hydroxyl groups excluding tert-OH is 1. The van der Waals surface area contributed by atoms with Gasteiger partial charge in [0.2, 0.25) is 5.91 Å². The minimum atomic E-state index is -0.128. The third-order valence-electron chi connectivity index (χ3n) is 2.66. The van der Waals surface area contributed by atoms with Gasteiger partial charge in [0.05, 0.1) is 12.8 Å². The van der Waals surface area contributed by atoms with E-state index in [1.807, 2.05) is 24.3 Å². The molecule has 2 rings (SSSR count). The number of carbonyl (C=O) groups excluding carboxylic acids is 1. The fourth-order valence-corrected chi connectivity index (χ4v) is 1.70. The molecule has 1 amide bonds. The van der Waals surface area contributed by atoms with Crippen LogP contribution in [-0.2, 0) is 17.9 Å². The zero-order chi connectivity index (χ0) is 14.9. The summed E-state index contributed by atoms with van der Waals surface area (Å²) in [5, 5.41) is 18.9. The zero-order valence-corrected chi connectivity index (χ0v) is 11.5. The largest absolute Gasteiger partial charge is 0.395 e. The van der Waals surface area contributed by atoms with Crippen molar-refractivity contribution in [2.75, 3.05) is 6.61 Å². The summed E-state index contributed by atoms with van der Waals surface area (Å²) in [6.45, 7) is 0.643. The van der Waals surface area contributed by atoms with Gasteiger partial charge in [-0.05, 0) is 17.7 Å². The van der Waals surface area contributed by atoms with Crippen molar-refractivity contribution in [2.45, 2.75) is 19.5 Å². The Morgan fingerprint density at radius 3 is 3.10 bits per heavy atom. The molecule has 0 saturated heterocycles. The predicted octanol–water partition coefficient (Wildman–Crippen LogP) is 0.328. The van der Waals surface area contributed by atoms with Crippen LogP contribution >= 0.6 is 0 Å². The molecule has 0 fully saturated rings. The van der Waals surface area contributed by atoms with Gasteiger partial charge in [0.1, 0.15) is 6.54 Å². The van der Waals surface area contributed by atoms with Gasteiger partial charge in [-0.15, -0.1) is 5.10 Å². The van der Waals surface area contributed by atoms with Crippen molar-refractivity contribution in [1.82, 2.24) is 20.3 Å². The molecule has 0 saturated carbocycles. The Morgan fingerprint density at radius 2 is 2.33 bits per heavy atom. The van der Waals surface area contributed by atoms with Crippen LogP contribution in [0.25, 0.3) is 0 Å². The van der Waals surface area contributed by atoms with Gasteiger partial charge in [-0.1, -0.05) is 29.2 Å². The number of amides is 1. The molecular weight excluding hydrogens is 268 g/mol. The quantitative estimate of drug-likeness (QED) is 0.775. The Hall–Kier alpha value is -2.65. The van der Waals surface area contributed by atoms with Gasteiger partial charge in [0, 0.05) is 24.7 Å². The number of aliphatic hydroxyl groups is 1. The van der Waals surface area contributed by atoms with E-state index in [4.69, 9.17) is 5.11 Å². The lowest BCUT2D eigenvalue weighted by atomic mass is 10.1. The molecule has 1 aromatic carbocycles. The smallest absolute Gasteiger partial charge is 0.242 e. The van der Waals surface area contributed by atoms with Crippen molar-refractivity contribution >= 4 is 5.91 Å². The number of carbonyl (C=O) groups is 1. The second-order valence-electron chi connectivity index (χ2n) is 4.35. The Labute approximate surface area is 122 Å². The molecule has 0 bridgehead atoms. The van der Waals surface area contributed by atoms with E-state index in [0.29, 0.717) is 13.0 Å². The van der Waals surface area contributed by atoms with Crippen LogP contribution in [0.3, 0.4) is 0 Å². The van der Waals surface area contributed by atoms with Gasteiger partial charge in [-0.3, -0.25) is 4.79 Å². The van der Waals surface area contributed by atoms with E-state index in [-0.39, 0.29) is 19.1 Å². The van der Waals surface area contributed by atoms with Crippen molar-refractivity contribution < 1.29 is 9.90 Å². The first kappa shape index (κ1) is 14.8. The van der Waals surface area contributed by atoms with Crippen LogP contribution in [0.4, 0.5) is 0 Å². The van der Waals surface area contributed by atoms with Crippen molar-refractivity contribution in [2.24, 2.45) is 0 Å². The van der Waals surface area contributed by atoms with Gasteiger partial charge in [0.15, 0.2) is 0 Å². The molecule has 0 aliphatic heterocycles. The number of benzene rings is 1. The Kier molecular flexibility index (Phi) is 5.50. The molecule has 2 aromatic rings. The fourth-order valence-electron chi connectivity index (χ4n) is 1.70. The summed E-state index contributed by atoms with van der Waals surface area (Å²) in [7, 11) is 0. The standard InChI is InChI=1S/C15H16N4O2/c20-9-2-1-4-13-5-3-6-14(10-13)11-16-15(21)12-19-8-7-17-18-19/h3,5-8,10,20H,2,9,11-12H2,(H,16,21). The van der Waals surface area contributed by atoms with Crippen LogP contribution in [-0.4, -0.2) is 32.6 Å². The van der Waals surface area contributed by atoms with Crippen LogP contribution in [0, 0.1) is 11.8 Å². The fraction of sp³-hybridized carbons (Fsp3) is 0.267. The molecule has 0 atom stereocenters. The molecule has 1 aromatic heterocycles. The average Bonchev–Trinajstić information content (AvgIpc) is 2.99. The monoisotopic (exact) mass is 284 g/mol. The normalized spacial score (nSPS) is 9.76. The van der Waals surface area contributed by atoms with Crippen LogP contribution in [0.1, 0.15) is 17.5 Å². The van der Waals surface area contributed by atoms with Crippen LogP contribution in [0.5, 0.6) is 0 Å². The number of aromatic nitrogens is 3. The summed E-state index contributed by atoms with van der Waals surface area (Å²) < 4.78 is 1.46. The van der Waals surface area contributed by atoms with Crippen LogP contribution in [0.2, 0.25) is 0 Å². The van der Waals surface area contributed by atoms with Crippen LogP contribution < -0.4 is 5.32 Å². The summed E-state index contributed by atoms with van der Waals surface area (Å²) in [6, 6.07) is 7.63. The van der Waals surface area contributed by atoms with Gasteiger partial charge < -0.3 is 10.4 Å². The summed E-state index contributed by atoms with van der Waals surface area (Å²) in [4.78, 5) is 11.7. The summed E-state index contributed by atoms with van der Waals surface area (Å²) in [5.74, 6) is 5.70. The van der Waals surface area contributed by atoms with E-state index in [1.165, 1.54) is 10.9 Å². The first-order chi connectivity index (χ1) is 10.3.